The van der Waals surface area contributed by atoms with Gasteiger partial charge in [-0.1, -0.05) is 23.2 Å². The van der Waals surface area contributed by atoms with E-state index in [1.54, 1.807) is 24.3 Å². The molecule has 0 aliphatic carbocycles. The summed E-state index contributed by atoms with van der Waals surface area (Å²) in [4.78, 5) is 23.7. The molecule has 0 radical (unpaired) electrons. The second kappa shape index (κ2) is 6.16. The summed E-state index contributed by atoms with van der Waals surface area (Å²) in [6, 6.07) is 8.77. The Morgan fingerprint density at radius 1 is 1.00 bits per heavy atom. The number of carboxylic acid groups (broad SMARTS) is 1. The summed E-state index contributed by atoms with van der Waals surface area (Å²) in [6.07, 6.45) is 0. The van der Waals surface area contributed by atoms with Gasteiger partial charge in [0.1, 0.15) is 5.75 Å². The molecular formula is C15H10Cl2O4. The van der Waals surface area contributed by atoms with Gasteiger partial charge in [0, 0.05) is 11.1 Å². The lowest BCUT2D eigenvalue weighted by Gasteiger charge is -2.08. The molecule has 0 aromatic heterocycles. The molecule has 0 fully saturated rings. The number of ether oxygens (including phenoxy) is 1. The predicted molar refractivity (Wildman–Crippen MR) is 79.8 cm³/mol. The van der Waals surface area contributed by atoms with E-state index in [2.05, 4.69) is 0 Å². The highest BCUT2D eigenvalue weighted by Crippen LogP contribution is 2.28. The van der Waals surface area contributed by atoms with Crippen LogP contribution in [0.25, 0.3) is 0 Å². The van der Waals surface area contributed by atoms with Gasteiger partial charge in [-0.25, -0.2) is 4.79 Å². The van der Waals surface area contributed by atoms with E-state index >= 15 is 0 Å². The van der Waals surface area contributed by atoms with Crippen LogP contribution in [-0.2, 0) is 0 Å². The monoisotopic (exact) mass is 324 g/mol. The van der Waals surface area contributed by atoms with E-state index in [1.165, 1.54) is 19.2 Å². The van der Waals surface area contributed by atoms with Crippen molar-refractivity contribution < 1.29 is 19.4 Å². The molecule has 0 amide bonds. The van der Waals surface area contributed by atoms with E-state index < -0.39 is 11.8 Å². The Labute approximate surface area is 130 Å². The van der Waals surface area contributed by atoms with Crippen LogP contribution in [0.2, 0.25) is 10.0 Å². The van der Waals surface area contributed by atoms with Gasteiger partial charge >= 0.3 is 5.97 Å². The Balaban J connectivity index is 2.51. The first-order chi connectivity index (χ1) is 9.93. The SMILES string of the molecule is COc1ccc(C(=O)c2cc(Cl)c(Cl)cc2C(=O)O)cc1. The molecule has 1 N–H and O–H groups in total. The number of hydrogen-bond donors (Lipinski definition) is 1. The molecule has 2 rings (SSSR count). The van der Waals surface area contributed by atoms with Gasteiger partial charge in [-0.15, -0.1) is 0 Å². The molecule has 2 aromatic carbocycles. The lowest BCUT2D eigenvalue weighted by Crippen LogP contribution is -2.10. The Hall–Kier alpha value is -2.04. The van der Waals surface area contributed by atoms with Crippen LogP contribution in [-0.4, -0.2) is 24.0 Å². The van der Waals surface area contributed by atoms with Crippen LogP contribution in [0.1, 0.15) is 26.3 Å². The number of hydrogen-bond acceptors (Lipinski definition) is 3. The smallest absolute Gasteiger partial charge is 0.336 e. The molecule has 6 heteroatoms. The van der Waals surface area contributed by atoms with Crippen molar-refractivity contribution in [2.24, 2.45) is 0 Å². The Morgan fingerprint density at radius 2 is 1.52 bits per heavy atom. The second-order valence-electron chi connectivity index (χ2n) is 4.17. The molecule has 0 heterocycles. The van der Waals surface area contributed by atoms with Gasteiger partial charge in [0.25, 0.3) is 0 Å². The summed E-state index contributed by atoms with van der Waals surface area (Å²) in [6.45, 7) is 0. The zero-order chi connectivity index (χ0) is 15.6. The van der Waals surface area contributed by atoms with Gasteiger partial charge in [-0.05, 0) is 36.4 Å². The highest BCUT2D eigenvalue weighted by atomic mass is 35.5. The highest BCUT2D eigenvalue weighted by molar-refractivity contribution is 6.42. The number of carbonyl (C=O) groups excluding carboxylic acids is 1. The van der Waals surface area contributed by atoms with Crippen LogP contribution in [0.5, 0.6) is 5.75 Å². The van der Waals surface area contributed by atoms with Crippen LogP contribution in [0, 0.1) is 0 Å². The van der Waals surface area contributed by atoms with Gasteiger partial charge < -0.3 is 9.84 Å². The molecule has 0 aliphatic rings. The molecule has 21 heavy (non-hydrogen) atoms. The molecule has 0 bridgehead atoms. The first-order valence-electron chi connectivity index (χ1n) is 5.85. The van der Waals surface area contributed by atoms with Crippen LogP contribution in [0.3, 0.4) is 0 Å². The van der Waals surface area contributed by atoms with E-state index in [0.717, 1.165) is 0 Å². The third kappa shape index (κ3) is 3.17. The molecule has 0 aliphatic heterocycles. The third-order valence-corrected chi connectivity index (χ3v) is 3.61. The fraction of sp³-hybridized carbons (Fsp3) is 0.0667. The fourth-order valence-corrected chi connectivity index (χ4v) is 2.14. The summed E-state index contributed by atoms with van der Waals surface area (Å²) in [5, 5.41) is 9.39. The fourth-order valence-electron chi connectivity index (χ4n) is 1.81. The molecule has 2 aromatic rings. The van der Waals surface area contributed by atoms with Crippen molar-refractivity contribution >= 4 is 35.0 Å². The second-order valence-corrected chi connectivity index (χ2v) is 4.99. The molecular weight excluding hydrogens is 315 g/mol. The lowest BCUT2D eigenvalue weighted by atomic mass is 9.98. The number of carboxylic acids is 1. The summed E-state index contributed by atoms with van der Waals surface area (Å²) in [5.41, 5.74) is 0.129. The van der Waals surface area contributed by atoms with E-state index in [-0.39, 0.29) is 21.2 Å². The minimum absolute atomic E-state index is 0.0120. The summed E-state index contributed by atoms with van der Waals surface area (Å²) in [5.74, 6) is -1.10. The van der Waals surface area contributed by atoms with Crippen molar-refractivity contribution in [2.45, 2.75) is 0 Å². The average Bonchev–Trinajstić information content (AvgIpc) is 2.48. The standard InChI is InChI=1S/C15H10Cl2O4/c1-21-9-4-2-8(3-5-9)14(18)10-6-12(16)13(17)7-11(10)15(19)20/h2-7H,1H3,(H,19,20). The maximum Gasteiger partial charge on any atom is 0.336 e. The third-order valence-electron chi connectivity index (χ3n) is 2.89. The topological polar surface area (TPSA) is 63.6 Å². The van der Waals surface area contributed by atoms with Gasteiger partial charge in [0.15, 0.2) is 5.78 Å². The molecule has 108 valence electrons. The molecule has 4 nitrogen and oxygen atoms in total. The van der Waals surface area contributed by atoms with Crippen LogP contribution >= 0.6 is 23.2 Å². The zero-order valence-electron chi connectivity index (χ0n) is 10.9. The first kappa shape index (κ1) is 15.4. The van der Waals surface area contributed by atoms with E-state index in [1.807, 2.05) is 0 Å². The van der Waals surface area contributed by atoms with Crippen molar-refractivity contribution in [3.63, 3.8) is 0 Å². The quantitative estimate of drug-likeness (QED) is 0.865. The van der Waals surface area contributed by atoms with Crippen LogP contribution in [0.4, 0.5) is 0 Å². The highest BCUT2D eigenvalue weighted by Gasteiger charge is 2.20. The molecule has 0 unspecified atom stereocenters. The van der Waals surface area contributed by atoms with E-state index in [9.17, 15) is 14.7 Å². The number of halogens is 2. The van der Waals surface area contributed by atoms with Crippen molar-refractivity contribution in [3.05, 3.63) is 63.1 Å². The maximum atomic E-state index is 12.4. The number of rotatable bonds is 4. The van der Waals surface area contributed by atoms with Gasteiger partial charge in [0.05, 0.1) is 22.7 Å². The number of methoxy groups -OCH3 is 1. The van der Waals surface area contributed by atoms with E-state index in [4.69, 9.17) is 27.9 Å². The minimum atomic E-state index is -1.24. The largest absolute Gasteiger partial charge is 0.497 e. The maximum absolute atomic E-state index is 12.4. The first-order valence-corrected chi connectivity index (χ1v) is 6.60. The van der Waals surface area contributed by atoms with Gasteiger partial charge in [-0.2, -0.15) is 0 Å². The minimum Gasteiger partial charge on any atom is -0.497 e. The molecule has 0 saturated heterocycles. The van der Waals surface area contributed by atoms with Crippen molar-refractivity contribution in [1.29, 1.82) is 0 Å². The summed E-state index contributed by atoms with van der Waals surface area (Å²) < 4.78 is 5.01. The lowest BCUT2D eigenvalue weighted by molar-refractivity contribution is 0.0693. The Bertz CT molecular complexity index is 708. The number of benzene rings is 2. The number of ketones is 1. The molecule has 0 atom stereocenters. The predicted octanol–water partition coefficient (Wildman–Crippen LogP) is 3.93. The number of aromatic carboxylic acids is 1. The van der Waals surface area contributed by atoms with Crippen molar-refractivity contribution in [2.75, 3.05) is 7.11 Å². The summed E-state index contributed by atoms with van der Waals surface area (Å²) in [7, 11) is 1.51. The van der Waals surface area contributed by atoms with Gasteiger partial charge in [0.2, 0.25) is 0 Å². The van der Waals surface area contributed by atoms with Crippen molar-refractivity contribution in [1.82, 2.24) is 0 Å². The molecule has 0 saturated carbocycles. The van der Waals surface area contributed by atoms with Crippen LogP contribution < -0.4 is 4.74 Å². The average molecular weight is 325 g/mol. The number of carbonyl (C=O) groups is 2. The Morgan fingerprint density at radius 3 is 2.00 bits per heavy atom. The normalized spacial score (nSPS) is 10.2. The Kier molecular flexibility index (Phi) is 4.50. The molecule has 0 spiro atoms. The van der Waals surface area contributed by atoms with Crippen molar-refractivity contribution in [3.8, 4) is 5.75 Å². The van der Waals surface area contributed by atoms with Gasteiger partial charge in [-0.3, -0.25) is 4.79 Å². The van der Waals surface area contributed by atoms with Crippen LogP contribution in [0.15, 0.2) is 36.4 Å². The van der Waals surface area contributed by atoms with E-state index in [0.29, 0.717) is 11.3 Å². The zero-order valence-corrected chi connectivity index (χ0v) is 12.4. The summed E-state index contributed by atoms with van der Waals surface area (Å²) >= 11 is 11.7.